The van der Waals surface area contributed by atoms with Crippen molar-refractivity contribution in [2.75, 3.05) is 6.54 Å². The van der Waals surface area contributed by atoms with E-state index in [9.17, 15) is 31.1 Å². The molecule has 3 rings (SSSR count). The second kappa shape index (κ2) is 10.1. The van der Waals surface area contributed by atoms with Crippen molar-refractivity contribution in [3.8, 4) is 0 Å². The van der Waals surface area contributed by atoms with Crippen LogP contribution in [0.1, 0.15) is 61.9 Å². The van der Waals surface area contributed by atoms with Crippen molar-refractivity contribution in [2.45, 2.75) is 70.3 Å². The summed E-state index contributed by atoms with van der Waals surface area (Å²) in [6, 6.07) is 9.69. The van der Waals surface area contributed by atoms with Crippen molar-refractivity contribution in [3.63, 3.8) is 0 Å². The normalized spacial score (nSPS) is 19.5. The third-order valence-electron chi connectivity index (χ3n) is 5.46. The first kappa shape index (κ1) is 26.8. The predicted octanol–water partition coefficient (Wildman–Crippen LogP) is 7.38. The number of hydrogen-bond donors (Lipinski definition) is 0. The van der Waals surface area contributed by atoms with Crippen molar-refractivity contribution < 1.29 is 40.6 Å². The average molecular weight is 503 g/mol. The summed E-state index contributed by atoms with van der Waals surface area (Å²) < 4.78 is 90.8. The van der Waals surface area contributed by atoms with Crippen LogP contribution in [0, 0.1) is 0 Å². The van der Waals surface area contributed by atoms with Crippen LogP contribution in [-0.4, -0.2) is 29.2 Å². The lowest BCUT2D eigenvalue weighted by atomic mass is 9.92. The van der Waals surface area contributed by atoms with Crippen molar-refractivity contribution in [1.29, 1.82) is 0 Å². The van der Waals surface area contributed by atoms with Crippen molar-refractivity contribution in [3.05, 3.63) is 70.8 Å². The van der Waals surface area contributed by atoms with Gasteiger partial charge in [-0.1, -0.05) is 30.3 Å². The Hall–Kier alpha value is -2.75. The summed E-state index contributed by atoms with van der Waals surface area (Å²) in [5.41, 5.74) is -3.08. The molecular weight excluding hydrogens is 476 g/mol. The topological polar surface area (TPSA) is 38.8 Å². The van der Waals surface area contributed by atoms with Gasteiger partial charge in [-0.3, -0.25) is 4.90 Å². The lowest BCUT2D eigenvalue weighted by Crippen LogP contribution is -2.47. The van der Waals surface area contributed by atoms with Gasteiger partial charge in [0.25, 0.3) is 0 Å². The van der Waals surface area contributed by atoms with Gasteiger partial charge in [0, 0.05) is 6.54 Å². The Morgan fingerprint density at radius 2 is 1.51 bits per heavy atom. The molecule has 0 bridgehead atoms. The molecule has 1 saturated heterocycles. The van der Waals surface area contributed by atoms with E-state index in [2.05, 4.69) is 0 Å². The molecule has 10 heteroatoms. The largest absolute Gasteiger partial charge is 0.444 e. The summed E-state index contributed by atoms with van der Waals surface area (Å²) in [7, 11) is 0. The van der Waals surface area contributed by atoms with Crippen LogP contribution in [0.4, 0.5) is 31.1 Å². The van der Waals surface area contributed by atoms with Gasteiger partial charge in [0.1, 0.15) is 5.60 Å². The van der Waals surface area contributed by atoms with Crippen LogP contribution in [0.3, 0.4) is 0 Å². The molecule has 1 heterocycles. The molecule has 0 unspecified atom stereocenters. The molecule has 4 nitrogen and oxygen atoms in total. The fourth-order valence-corrected chi connectivity index (χ4v) is 4.01. The van der Waals surface area contributed by atoms with Gasteiger partial charge in [0.15, 0.2) is 0 Å². The van der Waals surface area contributed by atoms with E-state index >= 15 is 0 Å². The number of alkyl halides is 6. The molecule has 0 N–H and O–H groups in total. The molecule has 0 radical (unpaired) electrons. The Morgan fingerprint density at radius 1 is 0.943 bits per heavy atom. The molecule has 1 amide bonds. The molecule has 0 spiro atoms. The molecule has 1 aliphatic heterocycles. The van der Waals surface area contributed by atoms with Gasteiger partial charge in [-0.25, -0.2) is 4.79 Å². The number of hydrogen-bond acceptors (Lipinski definition) is 3. The number of rotatable bonds is 4. The Kier molecular flexibility index (Phi) is 7.74. The highest BCUT2D eigenvalue weighted by atomic mass is 19.4. The molecule has 2 atom stereocenters. The summed E-state index contributed by atoms with van der Waals surface area (Å²) in [6.45, 7) is 5.07. The zero-order valence-electron chi connectivity index (χ0n) is 19.5. The number of nitrogens with zero attached hydrogens (tertiary/aromatic N) is 1. The van der Waals surface area contributed by atoms with E-state index in [4.69, 9.17) is 9.47 Å². The summed E-state index contributed by atoms with van der Waals surface area (Å²) in [5, 5.41) is 0. The van der Waals surface area contributed by atoms with Crippen molar-refractivity contribution in [2.24, 2.45) is 0 Å². The van der Waals surface area contributed by atoms with Gasteiger partial charge >= 0.3 is 18.4 Å². The van der Waals surface area contributed by atoms with Crippen LogP contribution in [0.15, 0.2) is 48.5 Å². The highest BCUT2D eigenvalue weighted by molar-refractivity contribution is 5.69. The summed E-state index contributed by atoms with van der Waals surface area (Å²) >= 11 is 0. The van der Waals surface area contributed by atoms with E-state index in [-0.39, 0.29) is 11.6 Å². The van der Waals surface area contributed by atoms with E-state index in [0.29, 0.717) is 31.5 Å². The Morgan fingerprint density at radius 3 is 2.03 bits per heavy atom. The molecule has 0 saturated carbocycles. The Labute approximate surface area is 199 Å². The standard InChI is InChI=1S/C25H27F6NO3/c1-23(2,3)35-22(33)32-11-7-10-20(21(32)17-8-5-4-6-9-17)34-15-16-12-18(24(26,27)28)14-19(13-16)25(29,30)31/h4-6,8-9,12-14,20-21H,7,10-11,15H2,1-3H3/t20-,21-/m0/s1. The van der Waals surface area contributed by atoms with Crippen molar-refractivity contribution >= 4 is 6.09 Å². The third kappa shape index (κ3) is 7.13. The minimum absolute atomic E-state index is 0.0844. The maximum atomic E-state index is 13.2. The fraction of sp³-hybridized carbons (Fsp3) is 0.480. The summed E-state index contributed by atoms with van der Waals surface area (Å²) in [4.78, 5) is 14.4. The molecule has 0 aliphatic carbocycles. The second-order valence-corrected chi connectivity index (χ2v) is 9.44. The first-order valence-corrected chi connectivity index (χ1v) is 11.1. The van der Waals surface area contributed by atoms with Crippen molar-refractivity contribution in [1.82, 2.24) is 4.90 Å². The van der Waals surface area contributed by atoms with Gasteiger partial charge in [0.05, 0.1) is 29.9 Å². The highest BCUT2D eigenvalue weighted by Crippen LogP contribution is 2.38. The summed E-state index contributed by atoms with van der Waals surface area (Å²) in [6.07, 6.45) is -10.1. The zero-order valence-corrected chi connectivity index (χ0v) is 19.5. The summed E-state index contributed by atoms with van der Waals surface area (Å²) in [5.74, 6) is 0. The zero-order chi connectivity index (χ0) is 26.0. The second-order valence-electron chi connectivity index (χ2n) is 9.44. The van der Waals surface area contributed by atoms with Crippen LogP contribution in [0.2, 0.25) is 0 Å². The van der Waals surface area contributed by atoms with Gasteiger partial charge in [-0.2, -0.15) is 26.3 Å². The number of benzene rings is 2. The maximum Gasteiger partial charge on any atom is 0.416 e. The lowest BCUT2D eigenvalue weighted by molar-refractivity contribution is -0.143. The Balaban J connectivity index is 1.90. The molecule has 192 valence electrons. The van der Waals surface area contributed by atoms with E-state index < -0.39 is 53.9 Å². The molecule has 2 aromatic rings. The van der Waals surface area contributed by atoms with Gasteiger partial charge in [0.2, 0.25) is 0 Å². The lowest BCUT2D eigenvalue weighted by Gasteiger charge is -2.41. The van der Waals surface area contributed by atoms with Crippen LogP contribution >= 0.6 is 0 Å². The molecular formula is C25H27F6NO3. The average Bonchev–Trinajstić information content (AvgIpc) is 2.75. The Bertz CT molecular complexity index is 982. The molecule has 35 heavy (non-hydrogen) atoms. The molecule has 1 aliphatic rings. The smallest absolute Gasteiger partial charge is 0.416 e. The molecule has 0 aromatic heterocycles. The van der Waals surface area contributed by atoms with E-state index in [1.165, 1.54) is 4.90 Å². The SMILES string of the molecule is CC(C)(C)OC(=O)N1CCC[C@H](OCc2cc(C(F)(F)F)cc(C(F)(F)F)c2)[C@@H]1c1ccccc1. The van der Waals surface area contributed by atoms with Crippen LogP contribution in [0.5, 0.6) is 0 Å². The van der Waals surface area contributed by atoms with Crippen LogP contribution < -0.4 is 0 Å². The van der Waals surface area contributed by atoms with E-state index in [1.807, 2.05) is 0 Å². The highest BCUT2D eigenvalue weighted by Gasteiger charge is 2.39. The van der Waals surface area contributed by atoms with E-state index in [0.717, 1.165) is 5.56 Å². The van der Waals surface area contributed by atoms with Gasteiger partial charge < -0.3 is 9.47 Å². The van der Waals surface area contributed by atoms with E-state index in [1.54, 1.807) is 51.1 Å². The number of carbonyl (C=O) groups excluding carboxylic acids is 1. The minimum Gasteiger partial charge on any atom is -0.444 e. The fourth-order valence-electron chi connectivity index (χ4n) is 4.01. The third-order valence-corrected chi connectivity index (χ3v) is 5.46. The molecule has 1 fully saturated rings. The molecule has 2 aromatic carbocycles. The first-order chi connectivity index (χ1) is 16.1. The van der Waals surface area contributed by atoms with Gasteiger partial charge in [-0.05, 0) is 62.9 Å². The monoisotopic (exact) mass is 503 g/mol. The van der Waals surface area contributed by atoms with Crippen LogP contribution in [0.25, 0.3) is 0 Å². The quantitative estimate of drug-likeness (QED) is 0.409. The van der Waals surface area contributed by atoms with Crippen LogP contribution in [-0.2, 0) is 28.4 Å². The number of piperidine rings is 1. The number of amides is 1. The van der Waals surface area contributed by atoms with Gasteiger partial charge in [-0.15, -0.1) is 0 Å². The first-order valence-electron chi connectivity index (χ1n) is 11.1. The number of likely N-dealkylation sites (tertiary alicyclic amines) is 1. The number of carbonyl (C=O) groups is 1. The number of halogens is 6. The predicted molar refractivity (Wildman–Crippen MR) is 116 cm³/mol. The maximum absolute atomic E-state index is 13.2. The minimum atomic E-state index is -4.94. The number of ether oxygens (including phenoxy) is 2.